The van der Waals surface area contributed by atoms with Gasteiger partial charge in [0.15, 0.2) is 0 Å². The van der Waals surface area contributed by atoms with E-state index in [0.717, 1.165) is 0 Å². The van der Waals surface area contributed by atoms with Gasteiger partial charge in [0.25, 0.3) is 0 Å². The normalized spacial score (nSPS) is 11.7. The van der Waals surface area contributed by atoms with Gasteiger partial charge in [-0.2, -0.15) is 0 Å². The van der Waals surface area contributed by atoms with Crippen molar-refractivity contribution in [2.24, 2.45) is 0 Å². The maximum Gasteiger partial charge on any atom is 0.411 e. The fourth-order valence-electron chi connectivity index (χ4n) is 1.90. The molecule has 9 nitrogen and oxygen atoms in total. The Balaban J connectivity index is 2.72. The van der Waals surface area contributed by atoms with Crippen molar-refractivity contribution in [1.82, 2.24) is 10.3 Å². The highest BCUT2D eigenvalue weighted by Crippen LogP contribution is 2.11. The molecule has 0 aromatic carbocycles. The van der Waals surface area contributed by atoms with Crippen LogP contribution in [0, 0.1) is 0 Å². The molecule has 0 radical (unpaired) electrons. The molecule has 0 aliphatic heterocycles. The van der Waals surface area contributed by atoms with Crippen molar-refractivity contribution < 1.29 is 28.6 Å². The summed E-state index contributed by atoms with van der Waals surface area (Å²) < 4.78 is 14.7. The molecule has 0 bridgehead atoms. The van der Waals surface area contributed by atoms with E-state index < -0.39 is 29.8 Å². The van der Waals surface area contributed by atoms with E-state index in [9.17, 15) is 14.4 Å². The van der Waals surface area contributed by atoms with Crippen molar-refractivity contribution in [3.05, 3.63) is 36.7 Å². The van der Waals surface area contributed by atoms with Gasteiger partial charge in [-0.25, -0.2) is 14.4 Å². The van der Waals surface area contributed by atoms with Gasteiger partial charge in [-0.1, -0.05) is 12.7 Å². The number of amides is 2. The first kappa shape index (κ1) is 21.9. The van der Waals surface area contributed by atoms with E-state index in [-0.39, 0.29) is 13.0 Å². The minimum absolute atomic E-state index is 0.0904. The molecule has 0 spiro atoms. The molecule has 1 heterocycles. The van der Waals surface area contributed by atoms with Crippen molar-refractivity contribution in [2.75, 3.05) is 19.0 Å². The summed E-state index contributed by atoms with van der Waals surface area (Å²) in [5.41, 5.74) is 0.227. The predicted molar refractivity (Wildman–Crippen MR) is 98.3 cm³/mol. The highest BCUT2D eigenvalue weighted by atomic mass is 16.6. The third kappa shape index (κ3) is 8.70. The Labute approximate surface area is 158 Å². The number of rotatable bonds is 7. The van der Waals surface area contributed by atoms with Crippen LogP contribution in [0.5, 0.6) is 0 Å². The first-order valence-electron chi connectivity index (χ1n) is 8.21. The van der Waals surface area contributed by atoms with Crippen LogP contribution in [0.2, 0.25) is 0 Å². The zero-order chi connectivity index (χ0) is 20.4. The van der Waals surface area contributed by atoms with Gasteiger partial charge in [0.1, 0.15) is 18.2 Å². The second kappa shape index (κ2) is 10.1. The summed E-state index contributed by atoms with van der Waals surface area (Å²) in [4.78, 5) is 39.5. The molecular weight excluding hydrogens is 354 g/mol. The Morgan fingerprint density at radius 2 is 1.96 bits per heavy atom. The minimum atomic E-state index is -0.964. The molecule has 1 atom stereocenters. The summed E-state index contributed by atoms with van der Waals surface area (Å²) in [5, 5.41) is 4.96. The Kier molecular flexibility index (Phi) is 8.25. The molecule has 0 unspecified atom stereocenters. The summed E-state index contributed by atoms with van der Waals surface area (Å²) >= 11 is 0. The average molecular weight is 379 g/mol. The third-order valence-corrected chi connectivity index (χ3v) is 2.99. The predicted octanol–water partition coefficient (Wildman–Crippen LogP) is 2.42. The van der Waals surface area contributed by atoms with E-state index >= 15 is 0 Å². The molecule has 2 N–H and O–H groups in total. The Bertz CT molecular complexity index is 667. The number of hydrogen-bond acceptors (Lipinski definition) is 7. The number of carbonyl (C=O) groups excluding carboxylic acids is 3. The van der Waals surface area contributed by atoms with E-state index in [1.54, 1.807) is 32.9 Å². The van der Waals surface area contributed by atoms with E-state index in [4.69, 9.17) is 14.2 Å². The van der Waals surface area contributed by atoms with Gasteiger partial charge in [-0.15, -0.1) is 0 Å². The summed E-state index contributed by atoms with van der Waals surface area (Å²) in [7, 11) is 1.22. The molecule has 0 aliphatic rings. The first-order valence-corrected chi connectivity index (χ1v) is 8.21. The smallest absolute Gasteiger partial charge is 0.411 e. The SMILES string of the molecule is C=CCOC(=O)Nc1ccc(C[C@H](NC(=O)OC(C)(C)C)C(=O)OC)nc1. The lowest BCUT2D eigenvalue weighted by molar-refractivity contribution is -0.143. The largest absolute Gasteiger partial charge is 0.467 e. The zero-order valence-corrected chi connectivity index (χ0v) is 15.9. The quantitative estimate of drug-likeness (QED) is 0.424. The second-order valence-electron chi connectivity index (χ2n) is 6.48. The van der Waals surface area contributed by atoms with Gasteiger partial charge >= 0.3 is 18.2 Å². The van der Waals surface area contributed by atoms with Crippen LogP contribution in [0.15, 0.2) is 31.0 Å². The number of esters is 1. The Hall–Kier alpha value is -3.10. The van der Waals surface area contributed by atoms with Crippen LogP contribution >= 0.6 is 0 Å². The number of nitrogens with zero attached hydrogens (tertiary/aromatic N) is 1. The van der Waals surface area contributed by atoms with E-state index in [1.807, 2.05) is 0 Å². The lowest BCUT2D eigenvalue weighted by atomic mass is 10.1. The lowest BCUT2D eigenvalue weighted by Gasteiger charge is -2.22. The highest BCUT2D eigenvalue weighted by Gasteiger charge is 2.25. The third-order valence-electron chi connectivity index (χ3n) is 2.99. The van der Waals surface area contributed by atoms with E-state index in [2.05, 4.69) is 22.2 Å². The standard InChI is InChI=1S/C18H25N3O6/c1-6-9-26-16(23)20-13-8-7-12(19-11-13)10-14(15(22)25-5)21-17(24)27-18(2,3)4/h6-8,11,14H,1,9-10H2,2-5H3,(H,20,23)(H,21,24)/t14-/m0/s1. The zero-order valence-electron chi connectivity index (χ0n) is 15.9. The molecule has 9 heteroatoms. The maximum absolute atomic E-state index is 11.9. The Morgan fingerprint density at radius 3 is 2.48 bits per heavy atom. The van der Waals surface area contributed by atoms with Crippen molar-refractivity contribution >= 4 is 23.8 Å². The molecule has 2 amide bonds. The monoisotopic (exact) mass is 379 g/mol. The van der Waals surface area contributed by atoms with Crippen molar-refractivity contribution in [3.63, 3.8) is 0 Å². The van der Waals surface area contributed by atoms with Gasteiger partial charge in [-0.05, 0) is 32.9 Å². The highest BCUT2D eigenvalue weighted by molar-refractivity contribution is 5.84. The minimum Gasteiger partial charge on any atom is -0.467 e. The van der Waals surface area contributed by atoms with Crippen molar-refractivity contribution in [1.29, 1.82) is 0 Å². The van der Waals surface area contributed by atoms with Gasteiger partial charge < -0.3 is 19.5 Å². The first-order chi connectivity index (χ1) is 12.6. The molecule has 0 aliphatic carbocycles. The lowest BCUT2D eigenvalue weighted by Crippen LogP contribution is -2.45. The van der Waals surface area contributed by atoms with Crippen LogP contribution in [-0.4, -0.2) is 48.5 Å². The van der Waals surface area contributed by atoms with Crippen LogP contribution in [0.3, 0.4) is 0 Å². The molecule has 1 aromatic rings. The molecule has 1 rings (SSSR count). The molecule has 27 heavy (non-hydrogen) atoms. The van der Waals surface area contributed by atoms with Gasteiger partial charge in [0, 0.05) is 12.1 Å². The van der Waals surface area contributed by atoms with E-state index in [1.165, 1.54) is 19.4 Å². The summed E-state index contributed by atoms with van der Waals surface area (Å²) in [6, 6.07) is 2.24. The summed E-state index contributed by atoms with van der Waals surface area (Å²) in [5.74, 6) is -0.627. The van der Waals surface area contributed by atoms with Gasteiger partial charge in [0.05, 0.1) is 19.0 Å². The van der Waals surface area contributed by atoms with Crippen molar-refractivity contribution in [3.8, 4) is 0 Å². The molecule has 0 fully saturated rings. The molecule has 1 aromatic heterocycles. The number of hydrogen-bond donors (Lipinski definition) is 2. The molecule has 0 saturated carbocycles. The topological polar surface area (TPSA) is 116 Å². The number of methoxy groups -OCH3 is 1. The molecule has 148 valence electrons. The number of nitrogens with one attached hydrogen (secondary N) is 2. The fourth-order valence-corrected chi connectivity index (χ4v) is 1.90. The summed E-state index contributed by atoms with van der Waals surface area (Å²) in [6.45, 7) is 8.68. The number of anilines is 1. The van der Waals surface area contributed by atoms with Crippen molar-refractivity contribution in [2.45, 2.75) is 38.8 Å². The van der Waals surface area contributed by atoms with Crippen LogP contribution in [0.1, 0.15) is 26.5 Å². The van der Waals surface area contributed by atoms with Gasteiger partial charge in [0.2, 0.25) is 0 Å². The average Bonchev–Trinajstić information content (AvgIpc) is 2.58. The number of carbonyl (C=O) groups is 3. The molecule has 0 saturated heterocycles. The summed E-state index contributed by atoms with van der Waals surface area (Å²) in [6.07, 6.45) is 1.58. The fraction of sp³-hybridized carbons (Fsp3) is 0.444. The maximum atomic E-state index is 11.9. The number of ether oxygens (including phenoxy) is 3. The van der Waals surface area contributed by atoms with Crippen LogP contribution in [0.4, 0.5) is 15.3 Å². The van der Waals surface area contributed by atoms with Crippen LogP contribution in [-0.2, 0) is 25.4 Å². The molecular formula is C18H25N3O6. The number of pyridine rings is 1. The van der Waals surface area contributed by atoms with E-state index in [0.29, 0.717) is 11.4 Å². The number of alkyl carbamates (subject to hydrolysis) is 1. The Morgan fingerprint density at radius 1 is 1.26 bits per heavy atom. The van der Waals surface area contributed by atoms with Gasteiger partial charge in [-0.3, -0.25) is 10.3 Å². The second-order valence-corrected chi connectivity index (χ2v) is 6.48. The van der Waals surface area contributed by atoms with Crippen LogP contribution < -0.4 is 10.6 Å². The van der Waals surface area contributed by atoms with Crippen LogP contribution in [0.25, 0.3) is 0 Å². The number of aromatic nitrogens is 1.